The highest BCUT2D eigenvalue weighted by atomic mass is 16.2. The van der Waals surface area contributed by atoms with Gasteiger partial charge in [-0.3, -0.25) is 14.6 Å². The molecule has 21 heavy (non-hydrogen) atoms. The van der Waals surface area contributed by atoms with Crippen LogP contribution in [0, 0.1) is 0 Å². The second-order valence-electron chi connectivity index (χ2n) is 6.26. The Hall–Kier alpha value is -1.39. The molecule has 1 atom stereocenters. The number of carbonyl (C=O) groups is 1. The molecule has 1 unspecified atom stereocenters. The molecule has 1 aromatic carbocycles. The van der Waals surface area contributed by atoms with Gasteiger partial charge in [0.05, 0.1) is 6.04 Å². The highest BCUT2D eigenvalue weighted by Crippen LogP contribution is 2.19. The molecule has 4 nitrogen and oxygen atoms in total. The van der Waals surface area contributed by atoms with Crippen molar-refractivity contribution in [3.63, 3.8) is 0 Å². The van der Waals surface area contributed by atoms with Gasteiger partial charge in [-0.1, -0.05) is 30.3 Å². The van der Waals surface area contributed by atoms with Crippen LogP contribution in [0.2, 0.25) is 0 Å². The molecule has 4 heteroatoms. The van der Waals surface area contributed by atoms with Crippen molar-refractivity contribution in [2.75, 3.05) is 26.2 Å². The summed E-state index contributed by atoms with van der Waals surface area (Å²) in [4.78, 5) is 16.9. The van der Waals surface area contributed by atoms with Gasteiger partial charge in [0.1, 0.15) is 0 Å². The first-order valence-corrected chi connectivity index (χ1v) is 8.03. The number of nitrogens with zero attached hydrogens (tertiary/aromatic N) is 2. The van der Waals surface area contributed by atoms with Crippen LogP contribution in [0.4, 0.5) is 0 Å². The van der Waals surface area contributed by atoms with E-state index in [2.05, 4.69) is 45.4 Å². The van der Waals surface area contributed by atoms with Crippen molar-refractivity contribution < 1.29 is 4.79 Å². The molecule has 1 amide bonds. The highest BCUT2D eigenvalue weighted by molar-refractivity contribution is 5.81. The van der Waals surface area contributed by atoms with Crippen LogP contribution in [-0.4, -0.2) is 54.0 Å². The summed E-state index contributed by atoms with van der Waals surface area (Å²) < 4.78 is 0. The molecule has 1 saturated carbocycles. The van der Waals surface area contributed by atoms with Crippen molar-refractivity contribution >= 4 is 5.91 Å². The van der Waals surface area contributed by atoms with Crippen molar-refractivity contribution in [1.29, 1.82) is 0 Å². The fourth-order valence-electron chi connectivity index (χ4n) is 2.87. The van der Waals surface area contributed by atoms with Crippen molar-refractivity contribution in [3.8, 4) is 0 Å². The molecule has 2 fully saturated rings. The van der Waals surface area contributed by atoms with E-state index >= 15 is 0 Å². The maximum absolute atomic E-state index is 12.1. The third kappa shape index (κ3) is 4.05. The van der Waals surface area contributed by atoms with Crippen LogP contribution >= 0.6 is 0 Å². The van der Waals surface area contributed by atoms with E-state index in [1.54, 1.807) is 0 Å². The van der Waals surface area contributed by atoms with E-state index in [1.807, 2.05) is 6.92 Å². The summed E-state index contributed by atoms with van der Waals surface area (Å²) in [6, 6.07) is 11.1. The Morgan fingerprint density at radius 1 is 1.19 bits per heavy atom. The monoisotopic (exact) mass is 287 g/mol. The number of piperazine rings is 1. The molecule has 1 N–H and O–H groups in total. The number of hydrogen-bond acceptors (Lipinski definition) is 3. The van der Waals surface area contributed by atoms with Gasteiger partial charge in [-0.2, -0.15) is 0 Å². The lowest BCUT2D eigenvalue weighted by Crippen LogP contribution is -2.53. The third-order valence-corrected chi connectivity index (χ3v) is 4.51. The number of hydrogen-bond donors (Lipinski definition) is 1. The minimum absolute atomic E-state index is 0.00414. The van der Waals surface area contributed by atoms with Crippen LogP contribution in [0.15, 0.2) is 30.3 Å². The van der Waals surface area contributed by atoms with E-state index < -0.39 is 0 Å². The van der Waals surface area contributed by atoms with Gasteiger partial charge >= 0.3 is 0 Å². The summed E-state index contributed by atoms with van der Waals surface area (Å²) in [6.45, 7) is 7.08. The number of rotatable bonds is 5. The molecule has 1 heterocycles. The van der Waals surface area contributed by atoms with Crippen LogP contribution in [0.25, 0.3) is 0 Å². The van der Waals surface area contributed by atoms with E-state index in [4.69, 9.17) is 0 Å². The Bertz CT molecular complexity index is 464. The summed E-state index contributed by atoms with van der Waals surface area (Å²) in [5.41, 5.74) is 1.37. The standard InChI is InChI=1S/C17H25N3O/c1-14(17(21)18-16-7-8-16)20-11-9-19(10-12-20)13-15-5-3-2-4-6-15/h2-6,14,16H,7-13H2,1H3,(H,18,21). The first kappa shape index (κ1) is 14.5. The van der Waals surface area contributed by atoms with Gasteiger partial charge in [0.15, 0.2) is 0 Å². The largest absolute Gasteiger partial charge is 0.352 e. The molecule has 0 spiro atoms. The topological polar surface area (TPSA) is 35.6 Å². The van der Waals surface area contributed by atoms with Crippen LogP contribution in [0.1, 0.15) is 25.3 Å². The zero-order valence-corrected chi connectivity index (χ0v) is 12.8. The predicted molar refractivity (Wildman–Crippen MR) is 83.9 cm³/mol. The second kappa shape index (κ2) is 6.58. The number of benzene rings is 1. The molecule has 114 valence electrons. The zero-order valence-electron chi connectivity index (χ0n) is 12.8. The van der Waals surface area contributed by atoms with E-state index in [0.717, 1.165) is 45.6 Å². The Balaban J connectivity index is 1.44. The first-order valence-electron chi connectivity index (χ1n) is 8.03. The summed E-state index contributed by atoms with van der Waals surface area (Å²) in [5, 5.41) is 3.11. The minimum Gasteiger partial charge on any atom is -0.352 e. The molecule has 0 bridgehead atoms. The average Bonchev–Trinajstić information content (AvgIpc) is 3.32. The van der Waals surface area contributed by atoms with Crippen molar-refractivity contribution in [2.24, 2.45) is 0 Å². The smallest absolute Gasteiger partial charge is 0.237 e. The quantitative estimate of drug-likeness (QED) is 0.891. The van der Waals surface area contributed by atoms with Gasteiger partial charge < -0.3 is 5.32 Å². The third-order valence-electron chi connectivity index (χ3n) is 4.51. The summed E-state index contributed by atoms with van der Waals surface area (Å²) in [6.07, 6.45) is 2.31. The van der Waals surface area contributed by atoms with Crippen molar-refractivity contribution in [3.05, 3.63) is 35.9 Å². The van der Waals surface area contributed by atoms with E-state index in [-0.39, 0.29) is 11.9 Å². The van der Waals surface area contributed by atoms with Gasteiger partial charge in [0, 0.05) is 38.8 Å². The minimum atomic E-state index is 0.00414. The summed E-state index contributed by atoms with van der Waals surface area (Å²) >= 11 is 0. The van der Waals surface area contributed by atoms with Crippen molar-refractivity contribution in [1.82, 2.24) is 15.1 Å². The molecule has 1 aromatic rings. The van der Waals surface area contributed by atoms with E-state index in [1.165, 1.54) is 5.56 Å². The highest BCUT2D eigenvalue weighted by Gasteiger charge is 2.29. The molecular weight excluding hydrogens is 262 g/mol. The average molecular weight is 287 g/mol. The number of amides is 1. The van der Waals surface area contributed by atoms with E-state index in [0.29, 0.717) is 6.04 Å². The Morgan fingerprint density at radius 3 is 2.48 bits per heavy atom. The fraction of sp³-hybridized carbons (Fsp3) is 0.588. The summed E-state index contributed by atoms with van der Waals surface area (Å²) in [7, 11) is 0. The van der Waals surface area contributed by atoms with Gasteiger partial charge in [0.2, 0.25) is 5.91 Å². The fourth-order valence-corrected chi connectivity index (χ4v) is 2.87. The molecule has 1 aliphatic heterocycles. The second-order valence-corrected chi connectivity index (χ2v) is 6.26. The molecule has 3 rings (SSSR count). The molecule has 0 radical (unpaired) electrons. The molecule has 1 saturated heterocycles. The molecule has 1 aliphatic carbocycles. The lowest BCUT2D eigenvalue weighted by molar-refractivity contribution is -0.126. The summed E-state index contributed by atoms with van der Waals surface area (Å²) in [5.74, 6) is 0.203. The van der Waals surface area contributed by atoms with Crippen LogP contribution < -0.4 is 5.32 Å². The zero-order chi connectivity index (χ0) is 14.7. The maximum atomic E-state index is 12.1. The Labute approximate surface area is 127 Å². The van der Waals surface area contributed by atoms with Gasteiger partial charge in [-0.15, -0.1) is 0 Å². The molecule has 2 aliphatic rings. The van der Waals surface area contributed by atoms with Gasteiger partial charge in [-0.05, 0) is 25.3 Å². The Kier molecular flexibility index (Phi) is 4.56. The van der Waals surface area contributed by atoms with Crippen LogP contribution in [0.5, 0.6) is 0 Å². The Morgan fingerprint density at radius 2 is 1.86 bits per heavy atom. The van der Waals surface area contributed by atoms with Gasteiger partial charge in [0.25, 0.3) is 0 Å². The normalized spacial score (nSPS) is 22.0. The number of nitrogens with one attached hydrogen (secondary N) is 1. The van der Waals surface area contributed by atoms with Crippen LogP contribution in [0.3, 0.4) is 0 Å². The molecule has 0 aromatic heterocycles. The first-order chi connectivity index (χ1) is 10.2. The number of carbonyl (C=O) groups excluding carboxylic acids is 1. The lowest BCUT2D eigenvalue weighted by atomic mass is 10.1. The van der Waals surface area contributed by atoms with Gasteiger partial charge in [-0.25, -0.2) is 0 Å². The maximum Gasteiger partial charge on any atom is 0.237 e. The van der Waals surface area contributed by atoms with E-state index in [9.17, 15) is 4.79 Å². The predicted octanol–water partition coefficient (Wildman–Crippen LogP) is 1.47. The molecular formula is C17H25N3O. The van der Waals surface area contributed by atoms with Crippen molar-refractivity contribution in [2.45, 2.75) is 38.4 Å². The lowest BCUT2D eigenvalue weighted by Gasteiger charge is -2.37. The SMILES string of the molecule is CC(C(=O)NC1CC1)N1CCN(Cc2ccccc2)CC1. The van der Waals surface area contributed by atoms with Crippen LogP contribution in [-0.2, 0) is 11.3 Å².